The summed E-state index contributed by atoms with van der Waals surface area (Å²) < 4.78 is 5.47. The second-order valence-electron chi connectivity index (χ2n) is 6.80. The third kappa shape index (κ3) is 4.28. The summed E-state index contributed by atoms with van der Waals surface area (Å²) in [5.74, 6) is 1.42. The number of para-hydroxylation sites is 2. The van der Waals surface area contributed by atoms with Crippen LogP contribution < -0.4 is 15.1 Å². The number of nitrogens with zero attached hydrogens (tertiary/aromatic N) is 6. The molecule has 0 aliphatic carbocycles. The highest BCUT2D eigenvalue weighted by Crippen LogP contribution is 2.28. The maximum Gasteiger partial charge on any atom is 0.249 e. The zero-order valence-corrected chi connectivity index (χ0v) is 15.8. The fraction of sp³-hybridized carbons (Fsp3) is 0.526. The first-order chi connectivity index (χ1) is 13.3. The average Bonchev–Trinajstić information content (AvgIpc) is 2.75. The van der Waals surface area contributed by atoms with Crippen molar-refractivity contribution in [1.82, 2.24) is 20.1 Å². The SMILES string of the molecule is CCN1CCN(c2cnnc(Nc3ccccc3N3CCOCC3)n2)CC1. The van der Waals surface area contributed by atoms with Crippen molar-refractivity contribution in [3.8, 4) is 0 Å². The molecule has 1 N–H and O–H groups in total. The molecule has 1 aromatic carbocycles. The van der Waals surface area contributed by atoms with Gasteiger partial charge in [0, 0.05) is 39.3 Å². The molecule has 0 radical (unpaired) electrons. The van der Waals surface area contributed by atoms with Gasteiger partial charge in [-0.15, -0.1) is 5.10 Å². The molecule has 0 amide bonds. The number of aromatic nitrogens is 3. The van der Waals surface area contributed by atoms with Gasteiger partial charge >= 0.3 is 0 Å². The van der Waals surface area contributed by atoms with Gasteiger partial charge in [0.2, 0.25) is 5.95 Å². The second kappa shape index (κ2) is 8.49. The van der Waals surface area contributed by atoms with E-state index in [-0.39, 0.29) is 0 Å². The molecular formula is C19H27N7O. The van der Waals surface area contributed by atoms with Crippen LogP contribution in [0, 0.1) is 0 Å². The number of hydrogen-bond acceptors (Lipinski definition) is 8. The van der Waals surface area contributed by atoms with Gasteiger partial charge < -0.3 is 24.8 Å². The van der Waals surface area contributed by atoms with E-state index in [9.17, 15) is 0 Å². The zero-order chi connectivity index (χ0) is 18.5. The number of nitrogens with one attached hydrogen (secondary N) is 1. The van der Waals surface area contributed by atoms with Crippen molar-refractivity contribution in [2.75, 3.05) is 74.1 Å². The van der Waals surface area contributed by atoms with E-state index >= 15 is 0 Å². The number of likely N-dealkylation sites (N-methyl/N-ethyl adjacent to an activating group) is 1. The van der Waals surface area contributed by atoms with Gasteiger partial charge in [-0.3, -0.25) is 0 Å². The van der Waals surface area contributed by atoms with Crippen LogP contribution in [0.1, 0.15) is 6.92 Å². The molecule has 3 heterocycles. The molecule has 0 unspecified atom stereocenters. The molecule has 2 saturated heterocycles. The van der Waals surface area contributed by atoms with Crippen LogP contribution in [0.2, 0.25) is 0 Å². The van der Waals surface area contributed by atoms with E-state index in [0.29, 0.717) is 5.95 Å². The number of anilines is 4. The number of benzene rings is 1. The predicted octanol–water partition coefficient (Wildman–Crippen LogP) is 1.59. The Labute approximate surface area is 160 Å². The van der Waals surface area contributed by atoms with Crippen molar-refractivity contribution < 1.29 is 4.74 Å². The average molecular weight is 369 g/mol. The highest BCUT2D eigenvalue weighted by atomic mass is 16.5. The van der Waals surface area contributed by atoms with Crippen LogP contribution in [0.4, 0.5) is 23.1 Å². The molecule has 2 fully saturated rings. The lowest BCUT2D eigenvalue weighted by Gasteiger charge is -2.34. The molecule has 0 saturated carbocycles. The van der Waals surface area contributed by atoms with Gasteiger partial charge in [0.15, 0.2) is 5.82 Å². The summed E-state index contributed by atoms with van der Waals surface area (Å²) in [6.07, 6.45) is 1.75. The van der Waals surface area contributed by atoms with Crippen molar-refractivity contribution in [1.29, 1.82) is 0 Å². The summed E-state index contributed by atoms with van der Waals surface area (Å²) >= 11 is 0. The fourth-order valence-corrected chi connectivity index (χ4v) is 3.57. The Balaban J connectivity index is 1.49. The molecular weight excluding hydrogens is 342 g/mol. The Bertz CT molecular complexity index is 742. The molecule has 27 heavy (non-hydrogen) atoms. The predicted molar refractivity (Wildman–Crippen MR) is 107 cm³/mol. The van der Waals surface area contributed by atoms with Crippen LogP contribution in [0.3, 0.4) is 0 Å². The molecule has 8 nitrogen and oxygen atoms in total. The van der Waals surface area contributed by atoms with E-state index in [4.69, 9.17) is 9.72 Å². The number of morpholine rings is 1. The van der Waals surface area contributed by atoms with Crippen LogP contribution in [0.25, 0.3) is 0 Å². The Morgan fingerprint density at radius 2 is 1.78 bits per heavy atom. The zero-order valence-electron chi connectivity index (χ0n) is 15.8. The largest absolute Gasteiger partial charge is 0.378 e. The van der Waals surface area contributed by atoms with Crippen molar-refractivity contribution in [3.63, 3.8) is 0 Å². The summed E-state index contributed by atoms with van der Waals surface area (Å²) in [6.45, 7) is 10.6. The van der Waals surface area contributed by atoms with Gasteiger partial charge in [-0.25, -0.2) is 0 Å². The number of rotatable bonds is 5. The van der Waals surface area contributed by atoms with Crippen LogP contribution in [0.5, 0.6) is 0 Å². The molecule has 2 aliphatic rings. The first-order valence-corrected chi connectivity index (χ1v) is 9.69. The minimum absolute atomic E-state index is 0.533. The lowest BCUT2D eigenvalue weighted by molar-refractivity contribution is 0.123. The number of ether oxygens (including phenoxy) is 1. The highest BCUT2D eigenvalue weighted by molar-refractivity contribution is 5.73. The topological polar surface area (TPSA) is 69.7 Å². The lowest BCUT2D eigenvalue weighted by Crippen LogP contribution is -2.46. The van der Waals surface area contributed by atoms with Crippen molar-refractivity contribution in [3.05, 3.63) is 30.5 Å². The van der Waals surface area contributed by atoms with E-state index < -0.39 is 0 Å². The van der Waals surface area contributed by atoms with Crippen molar-refractivity contribution in [2.45, 2.75) is 6.92 Å². The number of piperazine rings is 1. The monoisotopic (exact) mass is 369 g/mol. The van der Waals surface area contributed by atoms with E-state index in [1.54, 1.807) is 6.20 Å². The quantitative estimate of drug-likeness (QED) is 0.852. The molecule has 4 rings (SSSR count). The summed E-state index contributed by atoms with van der Waals surface area (Å²) in [4.78, 5) is 11.8. The van der Waals surface area contributed by atoms with Gasteiger partial charge in [0.25, 0.3) is 0 Å². The van der Waals surface area contributed by atoms with Gasteiger partial charge in [-0.2, -0.15) is 10.1 Å². The summed E-state index contributed by atoms with van der Waals surface area (Å²) in [5.41, 5.74) is 2.14. The smallest absolute Gasteiger partial charge is 0.249 e. The van der Waals surface area contributed by atoms with Crippen LogP contribution in [-0.4, -0.2) is 79.1 Å². The Morgan fingerprint density at radius 1 is 1.00 bits per heavy atom. The maximum atomic E-state index is 5.47. The normalized spacial score (nSPS) is 18.6. The van der Waals surface area contributed by atoms with Crippen LogP contribution in [-0.2, 0) is 4.74 Å². The Kier molecular flexibility index (Phi) is 5.64. The van der Waals surface area contributed by atoms with Crippen molar-refractivity contribution >= 4 is 23.1 Å². The number of hydrogen-bond donors (Lipinski definition) is 1. The summed E-state index contributed by atoms with van der Waals surface area (Å²) in [7, 11) is 0. The highest BCUT2D eigenvalue weighted by Gasteiger charge is 2.19. The molecule has 0 atom stereocenters. The minimum atomic E-state index is 0.533. The first-order valence-electron chi connectivity index (χ1n) is 9.69. The molecule has 8 heteroatoms. The minimum Gasteiger partial charge on any atom is -0.378 e. The summed E-state index contributed by atoms with van der Waals surface area (Å²) in [5, 5.41) is 11.7. The molecule has 2 aliphatic heterocycles. The van der Waals surface area contributed by atoms with Gasteiger partial charge in [-0.05, 0) is 18.7 Å². The first kappa shape index (κ1) is 17.9. The lowest BCUT2D eigenvalue weighted by atomic mass is 10.2. The third-order valence-electron chi connectivity index (χ3n) is 5.19. The molecule has 0 bridgehead atoms. The Hall–Kier alpha value is -2.45. The Morgan fingerprint density at radius 3 is 2.56 bits per heavy atom. The van der Waals surface area contributed by atoms with E-state index in [0.717, 1.165) is 76.2 Å². The van der Waals surface area contributed by atoms with Gasteiger partial charge in [-0.1, -0.05) is 19.1 Å². The third-order valence-corrected chi connectivity index (χ3v) is 5.19. The van der Waals surface area contributed by atoms with Crippen LogP contribution >= 0.6 is 0 Å². The summed E-state index contributed by atoms with van der Waals surface area (Å²) in [6, 6.07) is 8.25. The van der Waals surface area contributed by atoms with Gasteiger partial charge in [0.05, 0.1) is 30.8 Å². The van der Waals surface area contributed by atoms with E-state index in [2.05, 4.69) is 55.3 Å². The molecule has 1 aromatic heterocycles. The standard InChI is InChI=1S/C19H27N7O/c1-2-24-7-9-26(10-8-24)18-15-20-23-19(22-18)21-16-5-3-4-6-17(16)25-11-13-27-14-12-25/h3-6,15H,2,7-14H2,1H3,(H,21,22,23). The fourth-order valence-electron chi connectivity index (χ4n) is 3.57. The van der Waals surface area contributed by atoms with Crippen LogP contribution in [0.15, 0.2) is 30.5 Å². The molecule has 0 spiro atoms. The maximum absolute atomic E-state index is 5.47. The second-order valence-corrected chi connectivity index (χ2v) is 6.80. The van der Waals surface area contributed by atoms with Crippen molar-refractivity contribution in [2.24, 2.45) is 0 Å². The van der Waals surface area contributed by atoms with Gasteiger partial charge in [0.1, 0.15) is 0 Å². The molecule has 2 aromatic rings. The van der Waals surface area contributed by atoms with E-state index in [1.165, 1.54) is 0 Å². The molecule has 144 valence electrons. The van der Waals surface area contributed by atoms with E-state index in [1.807, 2.05) is 6.07 Å².